The minimum Gasteiger partial charge on any atom is -0.357 e. The Kier molecular flexibility index (Phi) is 7.35. The molecule has 0 fully saturated rings. The molecule has 27 heavy (non-hydrogen) atoms. The fourth-order valence-corrected chi connectivity index (χ4v) is 3.58. The largest absolute Gasteiger partial charge is 0.357 e. The van der Waals surface area contributed by atoms with Gasteiger partial charge in [-0.15, -0.1) is 0 Å². The first-order valence-corrected chi connectivity index (χ1v) is 10.8. The maximum atomic E-state index is 11.7. The summed E-state index contributed by atoms with van der Waals surface area (Å²) in [6.07, 6.45) is 2.77. The molecular formula is C18H27N5O3S. The van der Waals surface area contributed by atoms with E-state index in [9.17, 15) is 8.42 Å². The van der Waals surface area contributed by atoms with Crippen molar-refractivity contribution in [2.24, 2.45) is 4.99 Å². The number of rotatable bonds is 8. The Morgan fingerprint density at radius 1 is 1.26 bits per heavy atom. The second-order valence-electron chi connectivity index (χ2n) is 6.33. The van der Waals surface area contributed by atoms with Crippen LogP contribution in [0.1, 0.15) is 36.2 Å². The highest BCUT2D eigenvalue weighted by atomic mass is 32.2. The fourth-order valence-electron chi connectivity index (χ4n) is 2.63. The molecule has 1 heterocycles. The maximum Gasteiger partial charge on any atom is 0.226 e. The molecule has 2 aromatic rings. The van der Waals surface area contributed by atoms with Gasteiger partial charge in [0, 0.05) is 25.8 Å². The molecule has 0 amide bonds. The smallest absolute Gasteiger partial charge is 0.226 e. The molecule has 0 aliphatic rings. The van der Waals surface area contributed by atoms with Crippen molar-refractivity contribution in [3.05, 3.63) is 41.0 Å². The topological polar surface area (TPSA) is 109 Å². The predicted octanol–water partition coefficient (Wildman–Crippen LogP) is 1.78. The molecule has 0 radical (unpaired) electrons. The number of benzene rings is 1. The second kappa shape index (κ2) is 9.50. The summed E-state index contributed by atoms with van der Waals surface area (Å²) in [5.74, 6) is 1.99. The van der Waals surface area contributed by atoms with Crippen LogP contribution >= 0.6 is 0 Å². The lowest BCUT2D eigenvalue weighted by Gasteiger charge is -2.11. The van der Waals surface area contributed by atoms with Crippen LogP contribution in [-0.2, 0) is 22.8 Å². The van der Waals surface area contributed by atoms with Gasteiger partial charge in [-0.2, -0.15) is 4.98 Å². The molecule has 9 heteroatoms. The molecule has 0 spiro atoms. The number of sulfone groups is 1. The Bertz CT molecular complexity index is 890. The van der Waals surface area contributed by atoms with E-state index in [1.54, 1.807) is 26.0 Å². The van der Waals surface area contributed by atoms with Crippen LogP contribution in [0.25, 0.3) is 0 Å². The average Bonchev–Trinajstić information content (AvgIpc) is 3.00. The van der Waals surface area contributed by atoms with Crippen LogP contribution in [0.5, 0.6) is 0 Å². The van der Waals surface area contributed by atoms with Crippen LogP contribution in [0, 0.1) is 13.8 Å². The highest BCUT2D eigenvalue weighted by Crippen LogP contribution is 2.17. The van der Waals surface area contributed by atoms with Crippen molar-refractivity contribution in [3.8, 4) is 0 Å². The van der Waals surface area contributed by atoms with Gasteiger partial charge in [0.2, 0.25) is 5.89 Å². The fraction of sp³-hybridized carbons (Fsp3) is 0.500. The lowest BCUT2D eigenvalue weighted by molar-refractivity contribution is 0.372. The van der Waals surface area contributed by atoms with Crippen LogP contribution in [0.2, 0.25) is 0 Å². The molecule has 0 unspecified atom stereocenters. The zero-order chi connectivity index (χ0) is 19.9. The molecule has 0 aliphatic heterocycles. The van der Waals surface area contributed by atoms with E-state index in [2.05, 4.69) is 25.8 Å². The van der Waals surface area contributed by atoms with E-state index >= 15 is 0 Å². The number of nitrogens with one attached hydrogen (secondary N) is 2. The summed E-state index contributed by atoms with van der Waals surface area (Å²) < 4.78 is 28.5. The van der Waals surface area contributed by atoms with Gasteiger partial charge in [-0.1, -0.05) is 17.3 Å². The Hall–Kier alpha value is -2.42. The van der Waals surface area contributed by atoms with Gasteiger partial charge in [0.1, 0.15) is 0 Å². The van der Waals surface area contributed by atoms with Gasteiger partial charge in [-0.25, -0.2) is 13.4 Å². The van der Waals surface area contributed by atoms with Crippen molar-refractivity contribution in [2.75, 3.05) is 19.3 Å². The lowest BCUT2D eigenvalue weighted by Crippen LogP contribution is -2.37. The minimum absolute atomic E-state index is 0.358. The number of aromatic nitrogens is 2. The van der Waals surface area contributed by atoms with Crippen molar-refractivity contribution in [2.45, 2.75) is 45.1 Å². The summed E-state index contributed by atoms with van der Waals surface area (Å²) in [6.45, 7) is 7.53. The number of guanidine groups is 1. The first-order valence-electron chi connectivity index (χ1n) is 8.90. The average molecular weight is 394 g/mol. The zero-order valence-corrected chi connectivity index (χ0v) is 17.1. The third-order valence-electron chi connectivity index (χ3n) is 3.83. The highest BCUT2D eigenvalue weighted by Gasteiger charge is 2.10. The standard InChI is InChI=1S/C18H27N5O3S/c1-5-19-18(20-10-6-7-17-22-14(3)23-26-17)21-12-15-8-9-16(13(2)11-15)27(4,24)25/h8-9,11H,5-7,10,12H2,1-4H3,(H2,19,20,21). The number of hydrogen-bond donors (Lipinski definition) is 2. The van der Waals surface area contributed by atoms with E-state index in [1.807, 2.05) is 13.0 Å². The number of nitrogens with zero attached hydrogens (tertiary/aromatic N) is 3. The van der Waals surface area contributed by atoms with Crippen LogP contribution < -0.4 is 10.6 Å². The van der Waals surface area contributed by atoms with E-state index in [0.29, 0.717) is 35.5 Å². The van der Waals surface area contributed by atoms with Gasteiger partial charge in [0.15, 0.2) is 21.6 Å². The van der Waals surface area contributed by atoms with Gasteiger partial charge < -0.3 is 15.2 Å². The number of aliphatic imine (C=N–C) groups is 1. The van der Waals surface area contributed by atoms with Gasteiger partial charge >= 0.3 is 0 Å². The Morgan fingerprint density at radius 3 is 2.63 bits per heavy atom. The molecule has 0 atom stereocenters. The minimum atomic E-state index is -3.20. The van der Waals surface area contributed by atoms with Crippen molar-refractivity contribution >= 4 is 15.8 Å². The molecule has 0 aliphatic carbocycles. The van der Waals surface area contributed by atoms with Crippen molar-refractivity contribution < 1.29 is 12.9 Å². The van der Waals surface area contributed by atoms with Crippen LogP contribution in [-0.4, -0.2) is 43.9 Å². The third-order valence-corrected chi connectivity index (χ3v) is 5.09. The summed E-state index contributed by atoms with van der Waals surface area (Å²) in [6, 6.07) is 5.30. The van der Waals surface area contributed by atoms with E-state index in [1.165, 1.54) is 6.26 Å². The SMILES string of the molecule is CCNC(=NCc1ccc(S(C)(=O)=O)c(C)c1)NCCCc1nc(C)no1. The monoisotopic (exact) mass is 393 g/mol. The third kappa shape index (κ3) is 6.67. The summed E-state index contributed by atoms with van der Waals surface area (Å²) in [5.41, 5.74) is 1.69. The second-order valence-corrected chi connectivity index (χ2v) is 8.32. The van der Waals surface area contributed by atoms with E-state index < -0.39 is 9.84 Å². The molecule has 8 nitrogen and oxygen atoms in total. The quantitative estimate of drug-likeness (QED) is 0.400. The zero-order valence-electron chi connectivity index (χ0n) is 16.2. The molecule has 0 saturated heterocycles. The van der Waals surface area contributed by atoms with E-state index in [-0.39, 0.29) is 0 Å². The molecule has 2 rings (SSSR count). The van der Waals surface area contributed by atoms with Gasteiger partial charge in [0.05, 0.1) is 11.4 Å². The normalized spacial score (nSPS) is 12.2. The van der Waals surface area contributed by atoms with E-state index in [4.69, 9.17) is 4.52 Å². The van der Waals surface area contributed by atoms with Crippen LogP contribution in [0.3, 0.4) is 0 Å². The van der Waals surface area contributed by atoms with Crippen LogP contribution in [0.4, 0.5) is 0 Å². The van der Waals surface area contributed by atoms with Crippen LogP contribution in [0.15, 0.2) is 32.6 Å². The molecule has 1 aromatic heterocycles. The Balaban J connectivity index is 1.91. The number of hydrogen-bond acceptors (Lipinski definition) is 6. The highest BCUT2D eigenvalue weighted by molar-refractivity contribution is 7.90. The van der Waals surface area contributed by atoms with Crippen molar-refractivity contribution in [1.82, 2.24) is 20.8 Å². The number of aryl methyl sites for hydroxylation is 3. The van der Waals surface area contributed by atoms with Crippen molar-refractivity contribution in [3.63, 3.8) is 0 Å². The Morgan fingerprint density at radius 2 is 2.04 bits per heavy atom. The lowest BCUT2D eigenvalue weighted by atomic mass is 10.1. The predicted molar refractivity (Wildman–Crippen MR) is 104 cm³/mol. The summed E-state index contributed by atoms with van der Waals surface area (Å²) in [4.78, 5) is 9.09. The maximum absolute atomic E-state index is 11.7. The molecule has 1 aromatic carbocycles. The first-order chi connectivity index (χ1) is 12.8. The summed E-state index contributed by atoms with van der Waals surface area (Å²) in [5, 5.41) is 10.2. The molecule has 148 valence electrons. The summed E-state index contributed by atoms with van der Waals surface area (Å²) >= 11 is 0. The van der Waals surface area contributed by atoms with Crippen molar-refractivity contribution in [1.29, 1.82) is 0 Å². The Labute approximate surface area is 160 Å². The van der Waals surface area contributed by atoms with E-state index in [0.717, 1.165) is 30.6 Å². The first kappa shape index (κ1) is 20.9. The molecular weight excluding hydrogens is 366 g/mol. The molecule has 2 N–H and O–H groups in total. The van der Waals surface area contributed by atoms with Gasteiger partial charge in [-0.3, -0.25) is 0 Å². The molecule has 0 saturated carbocycles. The summed E-state index contributed by atoms with van der Waals surface area (Å²) in [7, 11) is -3.20. The van der Waals surface area contributed by atoms with Gasteiger partial charge in [-0.05, 0) is 44.4 Å². The molecule has 0 bridgehead atoms. The van der Waals surface area contributed by atoms with Gasteiger partial charge in [0.25, 0.3) is 0 Å².